The van der Waals surface area contributed by atoms with Gasteiger partial charge in [-0.1, -0.05) is 6.92 Å². The number of anilines is 2. The van der Waals surface area contributed by atoms with Gasteiger partial charge in [0, 0.05) is 26.0 Å². The molecule has 1 amide bonds. The van der Waals surface area contributed by atoms with Gasteiger partial charge in [0.1, 0.15) is 5.82 Å². The standard InChI is InChI=1S/C15H18N4O/c1-3-8-17-14-13(7-5-10-18-14)15(20)19(2)12-6-4-9-16-11-12/h4-7,9-11H,3,8H2,1-2H3,(H,17,18). The van der Waals surface area contributed by atoms with Crippen molar-refractivity contribution in [2.45, 2.75) is 13.3 Å². The van der Waals surface area contributed by atoms with Gasteiger partial charge in [-0.3, -0.25) is 9.78 Å². The molecule has 0 aliphatic heterocycles. The molecule has 0 fully saturated rings. The van der Waals surface area contributed by atoms with Crippen LogP contribution in [0.4, 0.5) is 11.5 Å². The Morgan fingerprint density at radius 1 is 1.30 bits per heavy atom. The Hall–Kier alpha value is -2.43. The molecule has 0 spiro atoms. The van der Waals surface area contributed by atoms with Crippen molar-refractivity contribution in [2.75, 3.05) is 23.8 Å². The molecule has 5 nitrogen and oxygen atoms in total. The van der Waals surface area contributed by atoms with Crippen molar-refractivity contribution in [1.29, 1.82) is 0 Å². The van der Waals surface area contributed by atoms with Crippen LogP contribution in [0.25, 0.3) is 0 Å². The molecule has 0 saturated carbocycles. The molecule has 104 valence electrons. The van der Waals surface area contributed by atoms with Crippen LogP contribution >= 0.6 is 0 Å². The SMILES string of the molecule is CCCNc1ncccc1C(=O)N(C)c1cccnc1. The second-order valence-corrected chi connectivity index (χ2v) is 4.40. The van der Waals surface area contributed by atoms with Gasteiger partial charge >= 0.3 is 0 Å². The average molecular weight is 270 g/mol. The van der Waals surface area contributed by atoms with Crippen molar-refractivity contribution in [3.63, 3.8) is 0 Å². The van der Waals surface area contributed by atoms with Crippen LogP contribution in [0.15, 0.2) is 42.9 Å². The molecular weight excluding hydrogens is 252 g/mol. The number of hydrogen-bond acceptors (Lipinski definition) is 4. The topological polar surface area (TPSA) is 58.1 Å². The lowest BCUT2D eigenvalue weighted by Crippen LogP contribution is -2.27. The fourth-order valence-electron chi connectivity index (χ4n) is 1.81. The Kier molecular flexibility index (Phi) is 4.65. The third-order valence-corrected chi connectivity index (χ3v) is 2.92. The second-order valence-electron chi connectivity index (χ2n) is 4.40. The third-order valence-electron chi connectivity index (χ3n) is 2.92. The number of aromatic nitrogens is 2. The van der Waals surface area contributed by atoms with E-state index < -0.39 is 0 Å². The molecule has 1 N–H and O–H groups in total. The fourth-order valence-corrected chi connectivity index (χ4v) is 1.81. The minimum Gasteiger partial charge on any atom is -0.369 e. The van der Waals surface area contributed by atoms with E-state index in [1.165, 1.54) is 0 Å². The molecule has 2 aromatic heterocycles. The highest BCUT2D eigenvalue weighted by molar-refractivity contribution is 6.08. The molecule has 0 atom stereocenters. The van der Waals surface area contributed by atoms with Crippen molar-refractivity contribution in [1.82, 2.24) is 9.97 Å². The van der Waals surface area contributed by atoms with Crippen LogP contribution < -0.4 is 10.2 Å². The summed E-state index contributed by atoms with van der Waals surface area (Å²) in [5, 5.41) is 3.18. The molecule has 0 aliphatic carbocycles. The molecule has 0 aromatic carbocycles. The summed E-state index contributed by atoms with van der Waals surface area (Å²) >= 11 is 0. The van der Waals surface area contributed by atoms with Crippen molar-refractivity contribution >= 4 is 17.4 Å². The first-order valence-electron chi connectivity index (χ1n) is 6.61. The Labute approximate surface area is 118 Å². The summed E-state index contributed by atoms with van der Waals surface area (Å²) in [6.45, 7) is 2.85. The largest absolute Gasteiger partial charge is 0.369 e. The van der Waals surface area contributed by atoms with Crippen LogP contribution in [-0.2, 0) is 0 Å². The Morgan fingerprint density at radius 2 is 2.10 bits per heavy atom. The number of rotatable bonds is 5. The van der Waals surface area contributed by atoms with Gasteiger partial charge in [0.2, 0.25) is 0 Å². The molecule has 2 rings (SSSR count). The van der Waals surface area contributed by atoms with Gasteiger partial charge in [-0.25, -0.2) is 4.98 Å². The molecule has 0 unspecified atom stereocenters. The van der Waals surface area contributed by atoms with E-state index in [1.54, 1.807) is 48.7 Å². The highest BCUT2D eigenvalue weighted by Crippen LogP contribution is 2.18. The van der Waals surface area contributed by atoms with Crippen LogP contribution in [0.1, 0.15) is 23.7 Å². The summed E-state index contributed by atoms with van der Waals surface area (Å²) in [7, 11) is 1.73. The first-order chi connectivity index (χ1) is 9.74. The van der Waals surface area contributed by atoms with E-state index >= 15 is 0 Å². The number of amides is 1. The maximum Gasteiger partial charge on any atom is 0.261 e. The minimum absolute atomic E-state index is 0.107. The molecule has 20 heavy (non-hydrogen) atoms. The summed E-state index contributed by atoms with van der Waals surface area (Å²) in [4.78, 5) is 22.4. The smallest absolute Gasteiger partial charge is 0.261 e. The van der Waals surface area contributed by atoms with Crippen LogP contribution in [0, 0.1) is 0 Å². The van der Waals surface area contributed by atoms with Gasteiger partial charge in [-0.15, -0.1) is 0 Å². The van der Waals surface area contributed by atoms with Gasteiger partial charge in [-0.05, 0) is 30.7 Å². The van der Waals surface area contributed by atoms with Gasteiger partial charge in [-0.2, -0.15) is 0 Å². The predicted octanol–water partition coefficient (Wildman–Crippen LogP) is 2.58. The molecule has 5 heteroatoms. The maximum absolute atomic E-state index is 12.5. The highest BCUT2D eigenvalue weighted by Gasteiger charge is 2.17. The van der Waals surface area contributed by atoms with E-state index in [9.17, 15) is 4.79 Å². The lowest BCUT2D eigenvalue weighted by molar-refractivity contribution is 0.0993. The van der Waals surface area contributed by atoms with E-state index in [1.807, 2.05) is 6.07 Å². The summed E-state index contributed by atoms with van der Waals surface area (Å²) in [5.74, 6) is 0.514. The molecule has 0 bridgehead atoms. The third kappa shape index (κ3) is 3.12. The van der Waals surface area contributed by atoms with E-state index in [-0.39, 0.29) is 5.91 Å². The van der Waals surface area contributed by atoms with Crippen molar-refractivity contribution in [3.05, 3.63) is 48.4 Å². The Balaban J connectivity index is 2.25. The summed E-state index contributed by atoms with van der Waals surface area (Å²) in [5.41, 5.74) is 1.31. The Bertz CT molecular complexity index is 571. The number of pyridine rings is 2. The zero-order valence-corrected chi connectivity index (χ0v) is 11.7. The zero-order chi connectivity index (χ0) is 14.4. The normalized spacial score (nSPS) is 10.1. The van der Waals surface area contributed by atoms with E-state index in [2.05, 4.69) is 22.2 Å². The Morgan fingerprint density at radius 3 is 2.80 bits per heavy atom. The average Bonchev–Trinajstić information content (AvgIpc) is 2.52. The maximum atomic E-state index is 12.5. The highest BCUT2D eigenvalue weighted by atomic mass is 16.2. The molecule has 2 heterocycles. The van der Waals surface area contributed by atoms with E-state index in [0.717, 1.165) is 18.7 Å². The van der Waals surface area contributed by atoms with Crippen LogP contribution in [0.5, 0.6) is 0 Å². The number of carbonyl (C=O) groups excluding carboxylic acids is 1. The van der Waals surface area contributed by atoms with Gasteiger partial charge < -0.3 is 10.2 Å². The van der Waals surface area contributed by atoms with Crippen molar-refractivity contribution in [2.24, 2.45) is 0 Å². The van der Waals surface area contributed by atoms with Crippen molar-refractivity contribution in [3.8, 4) is 0 Å². The predicted molar refractivity (Wildman–Crippen MR) is 80.0 cm³/mol. The van der Waals surface area contributed by atoms with Gasteiger partial charge in [0.15, 0.2) is 0 Å². The van der Waals surface area contributed by atoms with Crippen LogP contribution in [0.3, 0.4) is 0 Å². The monoisotopic (exact) mass is 270 g/mol. The molecular formula is C15H18N4O. The van der Waals surface area contributed by atoms with E-state index in [4.69, 9.17) is 0 Å². The lowest BCUT2D eigenvalue weighted by atomic mass is 10.2. The molecule has 2 aromatic rings. The second kappa shape index (κ2) is 6.65. The first-order valence-corrected chi connectivity index (χ1v) is 6.61. The number of hydrogen-bond donors (Lipinski definition) is 1. The summed E-state index contributed by atoms with van der Waals surface area (Å²) in [6, 6.07) is 7.20. The van der Waals surface area contributed by atoms with Crippen LogP contribution in [-0.4, -0.2) is 29.5 Å². The number of carbonyl (C=O) groups is 1. The van der Waals surface area contributed by atoms with Gasteiger partial charge in [0.25, 0.3) is 5.91 Å². The van der Waals surface area contributed by atoms with Crippen molar-refractivity contribution < 1.29 is 4.79 Å². The van der Waals surface area contributed by atoms with Crippen LogP contribution in [0.2, 0.25) is 0 Å². The van der Waals surface area contributed by atoms with E-state index in [0.29, 0.717) is 11.4 Å². The fraction of sp³-hybridized carbons (Fsp3) is 0.267. The van der Waals surface area contributed by atoms with Gasteiger partial charge in [0.05, 0.1) is 17.4 Å². The summed E-state index contributed by atoms with van der Waals surface area (Å²) in [6.07, 6.45) is 6.00. The summed E-state index contributed by atoms with van der Waals surface area (Å²) < 4.78 is 0. The molecule has 0 radical (unpaired) electrons. The lowest BCUT2D eigenvalue weighted by Gasteiger charge is -2.18. The molecule has 0 saturated heterocycles. The number of nitrogens with one attached hydrogen (secondary N) is 1. The zero-order valence-electron chi connectivity index (χ0n) is 11.7. The molecule has 0 aliphatic rings. The first kappa shape index (κ1) is 14.0. The minimum atomic E-state index is -0.107. The number of nitrogens with zero attached hydrogens (tertiary/aromatic N) is 3. The quantitative estimate of drug-likeness (QED) is 0.907.